The van der Waals surface area contributed by atoms with Crippen molar-refractivity contribution in [3.8, 4) is 16.9 Å². The second kappa shape index (κ2) is 7.14. The van der Waals surface area contributed by atoms with Gasteiger partial charge in [-0.15, -0.1) is 0 Å². The maximum atomic E-state index is 12.4. The maximum absolute atomic E-state index is 12.4. The van der Waals surface area contributed by atoms with Gasteiger partial charge in [-0.2, -0.15) is 8.42 Å². The fourth-order valence-electron chi connectivity index (χ4n) is 2.83. The van der Waals surface area contributed by atoms with Crippen molar-refractivity contribution >= 4 is 32.7 Å². The summed E-state index contributed by atoms with van der Waals surface area (Å²) in [5.41, 5.74) is 1.24. The number of rotatable bonds is 4. The minimum Gasteiger partial charge on any atom is -0.423 e. The Kier molecular flexibility index (Phi) is 4.66. The first-order valence-corrected chi connectivity index (χ1v) is 10.0. The summed E-state index contributed by atoms with van der Waals surface area (Å²) >= 11 is 5.79. The van der Waals surface area contributed by atoms with Gasteiger partial charge in [-0.3, -0.25) is 0 Å². The molecule has 1 aromatic heterocycles. The van der Waals surface area contributed by atoms with Crippen molar-refractivity contribution in [2.75, 3.05) is 0 Å². The number of hydrogen-bond acceptors (Lipinski definition) is 5. The minimum absolute atomic E-state index is 0.0310. The van der Waals surface area contributed by atoms with E-state index in [9.17, 15) is 13.2 Å². The lowest BCUT2D eigenvalue weighted by Crippen LogP contribution is -2.09. The number of hydrogen-bond donors (Lipinski definition) is 0. The van der Waals surface area contributed by atoms with Gasteiger partial charge in [0.1, 0.15) is 16.2 Å². The monoisotopic (exact) mass is 412 g/mol. The van der Waals surface area contributed by atoms with Crippen molar-refractivity contribution in [3.63, 3.8) is 0 Å². The molecule has 4 rings (SSSR count). The van der Waals surface area contributed by atoms with Crippen LogP contribution in [0.2, 0.25) is 5.02 Å². The third kappa shape index (κ3) is 3.65. The molecule has 140 valence electrons. The van der Waals surface area contributed by atoms with Crippen LogP contribution in [0.1, 0.15) is 0 Å². The Morgan fingerprint density at radius 2 is 1.57 bits per heavy atom. The van der Waals surface area contributed by atoms with Gasteiger partial charge >= 0.3 is 15.7 Å². The van der Waals surface area contributed by atoms with E-state index >= 15 is 0 Å². The zero-order chi connectivity index (χ0) is 19.7. The van der Waals surface area contributed by atoms with Gasteiger partial charge in [0.25, 0.3) is 0 Å². The fraction of sp³-hybridized carbons (Fsp3) is 0. The Morgan fingerprint density at radius 1 is 0.857 bits per heavy atom. The molecular formula is C21H13ClO5S. The molecule has 0 bridgehead atoms. The number of benzene rings is 3. The SMILES string of the molecule is O=c1cc(-c2ccccc2)c2ccc(OS(=O)(=O)c3ccc(Cl)cc3)cc2o1. The Morgan fingerprint density at radius 3 is 2.29 bits per heavy atom. The van der Waals surface area contributed by atoms with Crippen molar-refractivity contribution in [1.29, 1.82) is 0 Å². The van der Waals surface area contributed by atoms with E-state index in [4.69, 9.17) is 20.2 Å². The van der Waals surface area contributed by atoms with E-state index in [1.54, 1.807) is 6.07 Å². The smallest absolute Gasteiger partial charge is 0.339 e. The average Bonchev–Trinajstić information content (AvgIpc) is 2.68. The quantitative estimate of drug-likeness (QED) is 0.352. The van der Waals surface area contributed by atoms with Crippen LogP contribution in [-0.2, 0) is 10.1 Å². The molecule has 0 amide bonds. The lowest BCUT2D eigenvalue weighted by atomic mass is 10.0. The largest absolute Gasteiger partial charge is 0.423 e. The van der Waals surface area contributed by atoms with E-state index in [2.05, 4.69) is 0 Å². The molecule has 0 saturated carbocycles. The van der Waals surface area contributed by atoms with Gasteiger partial charge in [0.15, 0.2) is 0 Å². The van der Waals surface area contributed by atoms with Crippen LogP contribution in [0, 0.1) is 0 Å². The first-order valence-electron chi connectivity index (χ1n) is 8.26. The van der Waals surface area contributed by atoms with E-state index < -0.39 is 15.7 Å². The van der Waals surface area contributed by atoms with Gasteiger partial charge in [0.05, 0.1) is 0 Å². The van der Waals surface area contributed by atoms with Crippen molar-refractivity contribution < 1.29 is 17.0 Å². The second-order valence-corrected chi connectivity index (χ2v) is 7.98. The summed E-state index contributed by atoms with van der Waals surface area (Å²) in [6.45, 7) is 0. The summed E-state index contributed by atoms with van der Waals surface area (Å²) in [5, 5.41) is 1.09. The Labute approximate surface area is 165 Å². The summed E-state index contributed by atoms with van der Waals surface area (Å²) in [6.07, 6.45) is 0. The van der Waals surface area contributed by atoms with Crippen LogP contribution in [0.4, 0.5) is 0 Å². The molecule has 1 heterocycles. The third-order valence-corrected chi connectivity index (χ3v) is 5.62. The lowest BCUT2D eigenvalue weighted by molar-refractivity contribution is 0.485. The number of fused-ring (bicyclic) bond motifs is 1. The molecule has 0 spiro atoms. The average molecular weight is 413 g/mol. The highest BCUT2D eigenvalue weighted by Crippen LogP contribution is 2.30. The highest BCUT2D eigenvalue weighted by molar-refractivity contribution is 7.87. The van der Waals surface area contributed by atoms with Crippen LogP contribution in [0.3, 0.4) is 0 Å². The third-order valence-electron chi connectivity index (χ3n) is 4.11. The Balaban J connectivity index is 1.76. The molecule has 0 unspecified atom stereocenters. The lowest BCUT2D eigenvalue weighted by Gasteiger charge is -2.09. The van der Waals surface area contributed by atoms with E-state index in [-0.39, 0.29) is 16.2 Å². The molecule has 0 fully saturated rings. The van der Waals surface area contributed by atoms with Crippen LogP contribution in [-0.4, -0.2) is 8.42 Å². The molecule has 4 aromatic rings. The van der Waals surface area contributed by atoms with Crippen LogP contribution in [0.25, 0.3) is 22.1 Å². The summed E-state index contributed by atoms with van der Waals surface area (Å²) in [4.78, 5) is 12.0. The van der Waals surface area contributed by atoms with Gasteiger partial charge in [-0.05, 0) is 47.5 Å². The van der Waals surface area contributed by atoms with Crippen LogP contribution < -0.4 is 9.81 Å². The molecular weight excluding hydrogens is 400 g/mol. The first-order chi connectivity index (χ1) is 13.4. The minimum atomic E-state index is -4.05. The zero-order valence-electron chi connectivity index (χ0n) is 14.3. The molecule has 0 atom stereocenters. The maximum Gasteiger partial charge on any atom is 0.339 e. The van der Waals surface area contributed by atoms with Crippen LogP contribution >= 0.6 is 11.6 Å². The van der Waals surface area contributed by atoms with E-state index in [1.807, 2.05) is 30.3 Å². The highest BCUT2D eigenvalue weighted by atomic mass is 35.5. The van der Waals surface area contributed by atoms with Crippen molar-refractivity contribution in [1.82, 2.24) is 0 Å². The fourth-order valence-corrected chi connectivity index (χ4v) is 3.88. The molecule has 7 heteroatoms. The molecule has 0 aliphatic heterocycles. The second-order valence-electron chi connectivity index (χ2n) is 5.99. The van der Waals surface area contributed by atoms with E-state index in [0.29, 0.717) is 16.0 Å². The highest BCUT2D eigenvalue weighted by Gasteiger charge is 2.17. The predicted octanol–water partition coefficient (Wildman–Crippen LogP) is 4.88. The standard InChI is InChI=1S/C21H13ClO5S/c22-15-6-9-17(10-7-15)28(24,25)27-16-8-11-18-19(14-4-2-1-3-5-14)13-21(23)26-20(18)12-16/h1-13H. The van der Waals surface area contributed by atoms with E-state index in [1.165, 1.54) is 42.5 Å². The summed E-state index contributed by atoms with van der Waals surface area (Å²) in [6, 6.07) is 21.0. The van der Waals surface area contributed by atoms with Gasteiger partial charge in [0, 0.05) is 22.5 Å². The van der Waals surface area contributed by atoms with Crippen molar-refractivity contribution in [2.45, 2.75) is 4.90 Å². The van der Waals surface area contributed by atoms with E-state index in [0.717, 1.165) is 5.56 Å². The molecule has 0 aliphatic carbocycles. The van der Waals surface area contributed by atoms with Gasteiger partial charge in [-0.25, -0.2) is 4.79 Å². The zero-order valence-corrected chi connectivity index (χ0v) is 15.9. The predicted molar refractivity (Wildman–Crippen MR) is 107 cm³/mol. The summed E-state index contributed by atoms with van der Waals surface area (Å²) in [7, 11) is -4.05. The van der Waals surface area contributed by atoms with Crippen LogP contribution in [0.15, 0.2) is 93.0 Å². The first kappa shape index (κ1) is 18.3. The molecule has 28 heavy (non-hydrogen) atoms. The van der Waals surface area contributed by atoms with Crippen LogP contribution in [0.5, 0.6) is 5.75 Å². The normalized spacial score (nSPS) is 11.5. The molecule has 0 radical (unpaired) electrons. The number of halogens is 1. The molecule has 0 N–H and O–H groups in total. The van der Waals surface area contributed by atoms with Gasteiger partial charge in [-0.1, -0.05) is 41.9 Å². The molecule has 0 saturated heterocycles. The topological polar surface area (TPSA) is 73.6 Å². The van der Waals surface area contributed by atoms with Gasteiger partial charge < -0.3 is 8.60 Å². The Bertz CT molecular complexity index is 1310. The van der Waals surface area contributed by atoms with Gasteiger partial charge in [0.2, 0.25) is 0 Å². The summed E-state index contributed by atoms with van der Waals surface area (Å²) < 4.78 is 35.3. The Hall–Kier alpha value is -3.09. The molecule has 0 aliphatic rings. The molecule has 5 nitrogen and oxygen atoms in total. The summed E-state index contributed by atoms with van der Waals surface area (Å²) in [5.74, 6) is 0.0378. The molecule has 3 aromatic carbocycles. The van der Waals surface area contributed by atoms with Crippen molar-refractivity contribution in [2.24, 2.45) is 0 Å². The van der Waals surface area contributed by atoms with Crippen molar-refractivity contribution in [3.05, 3.63) is 94.3 Å².